The number of aryl methyl sites for hydroxylation is 2. The molecule has 0 radical (unpaired) electrons. The first-order chi connectivity index (χ1) is 6.77. The lowest BCUT2D eigenvalue weighted by Crippen LogP contribution is -1.92. The molecule has 0 aliphatic carbocycles. The molecule has 0 amide bonds. The van der Waals surface area contributed by atoms with Gasteiger partial charge in [0.25, 0.3) is 0 Å². The molecular weight excluding hydrogens is 176 g/mol. The van der Waals surface area contributed by atoms with Crippen molar-refractivity contribution in [3.8, 4) is 5.75 Å². The first-order valence-corrected chi connectivity index (χ1v) is 5.19. The maximum absolute atomic E-state index is 9.54. The maximum Gasteiger partial charge on any atom is 0.118 e. The van der Waals surface area contributed by atoms with Crippen LogP contribution in [0.15, 0.2) is 18.2 Å². The Morgan fingerprint density at radius 3 is 2.64 bits per heavy atom. The molecule has 0 aromatic heterocycles. The van der Waals surface area contributed by atoms with E-state index in [0.717, 1.165) is 31.2 Å². The highest BCUT2D eigenvalue weighted by atomic mass is 16.3. The second-order valence-corrected chi connectivity index (χ2v) is 3.54. The van der Waals surface area contributed by atoms with Crippen molar-refractivity contribution in [3.63, 3.8) is 0 Å². The van der Waals surface area contributed by atoms with Gasteiger partial charge in [0.1, 0.15) is 5.75 Å². The first kappa shape index (κ1) is 11.1. The highest BCUT2D eigenvalue weighted by molar-refractivity contribution is 5.36. The van der Waals surface area contributed by atoms with Crippen molar-refractivity contribution in [2.75, 3.05) is 6.61 Å². The van der Waals surface area contributed by atoms with Crippen molar-refractivity contribution >= 4 is 0 Å². The fraction of sp³-hybridized carbons (Fsp3) is 0.500. The summed E-state index contributed by atoms with van der Waals surface area (Å²) < 4.78 is 0. The lowest BCUT2D eigenvalue weighted by molar-refractivity contribution is 0.288. The number of rotatable bonds is 5. The summed E-state index contributed by atoms with van der Waals surface area (Å²) in [5.41, 5.74) is 2.21. The van der Waals surface area contributed by atoms with E-state index in [1.54, 1.807) is 6.07 Å². The average molecular weight is 194 g/mol. The molecular formula is C12H18O2. The quantitative estimate of drug-likeness (QED) is 0.755. The summed E-state index contributed by atoms with van der Waals surface area (Å²) >= 11 is 0. The van der Waals surface area contributed by atoms with Crippen molar-refractivity contribution < 1.29 is 10.2 Å². The number of aliphatic hydroxyl groups excluding tert-OH is 1. The van der Waals surface area contributed by atoms with Crippen LogP contribution in [0, 0.1) is 0 Å². The van der Waals surface area contributed by atoms with E-state index in [4.69, 9.17) is 5.11 Å². The van der Waals surface area contributed by atoms with Gasteiger partial charge in [0.15, 0.2) is 0 Å². The van der Waals surface area contributed by atoms with Crippen LogP contribution in [0.4, 0.5) is 0 Å². The molecule has 0 aliphatic rings. The summed E-state index contributed by atoms with van der Waals surface area (Å²) in [5, 5.41) is 18.2. The average Bonchev–Trinajstić information content (AvgIpc) is 2.19. The van der Waals surface area contributed by atoms with Crippen LogP contribution in [0.1, 0.15) is 30.9 Å². The molecule has 1 aromatic carbocycles. The Labute approximate surface area is 85.2 Å². The fourth-order valence-corrected chi connectivity index (χ4v) is 1.55. The van der Waals surface area contributed by atoms with Gasteiger partial charge in [-0.1, -0.05) is 25.5 Å². The van der Waals surface area contributed by atoms with Gasteiger partial charge in [-0.2, -0.15) is 0 Å². The van der Waals surface area contributed by atoms with Gasteiger partial charge in [-0.3, -0.25) is 0 Å². The minimum Gasteiger partial charge on any atom is -0.508 e. The van der Waals surface area contributed by atoms with E-state index in [9.17, 15) is 5.11 Å². The zero-order valence-corrected chi connectivity index (χ0v) is 8.66. The molecule has 0 heterocycles. The SMILES string of the molecule is CCCc1cc(CCCO)ccc1O. The zero-order chi connectivity index (χ0) is 10.4. The topological polar surface area (TPSA) is 40.5 Å². The summed E-state index contributed by atoms with van der Waals surface area (Å²) in [5.74, 6) is 0.389. The summed E-state index contributed by atoms with van der Waals surface area (Å²) in [6, 6.07) is 5.70. The Morgan fingerprint density at radius 1 is 1.21 bits per heavy atom. The fourth-order valence-electron chi connectivity index (χ4n) is 1.55. The molecule has 0 unspecified atom stereocenters. The van der Waals surface area contributed by atoms with Crippen LogP contribution in [0.25, 0.3) is 0 Å². The van der Waals surface area contributed by atoms with Crippen molar-refractivity contribution in [2.45, 2.75) is 32.6 Å². The maximum atomic E-state index is 9.54. The summed E-state index contributed by atoms with van der Waals surface area (Å²) in [4.78, 5) is 0. The van der Waals surface area contributed by atoms with Crippen molar-refractivity contribution in [2.24, 2.45) is 0 Å². The number of benzene rings is 1. The van der Waals surface area contributed by atoms with Gasteiger partial charge >= 0.3 is 0 Å². The highest BCUT2D eigenvalue weighted by Crippen LogP contribution is 2.20. The molecule has 2 nitrogen and oxygen atoms in total. The zero-order valence-electron chi connectivity index (χ0n) is 8.66. The van der Waals surface area contributed by atoms with E-state index >= 15 is 0 Å². The summed E-state index contributed by atoms with van der Waals surface area (Å²) in [6.45, 7) is 2.32. The van der Waals surface area contributed by atoms with Gasteiger partial charge in [0.05, 0.1) is 0 Å². The van der Waals surface area contributed by atoms with Gasteiger partial charge in [-0.05, 0) is 36.5 Å². The minimum absolute atomic E-state index is 0.226. The number of hydrogen-bond acceptors (Lipinski definition) is 2. The van der Waals surface area contributed by atoms with Crippen molar-refractivity contribution in [3.05, 3.63) is 29.3 Å². The van der Waals surface area contributed by atoms with E-state index in [1.165, 1.54) is 5.56 Å². The highest BCUT2D eigenvalue weighted by Gasteiger charge is 2.01. The van der Waals surface area contributed by atoms with Crippen molar-refractivity contribution in [1.82, 2.24) is 0 Å². The van der Waals surface area contributed by atoms with Crippen LogP contribution < -0.4 is 0 Å². The van der Waals surface area contributed by atoms with E-state index in [1.807, 2.05) is 12.1 Å². The van der Waals surface area contributed by atoms with Crippen LogP contribution in [-0.4, -0.2) is 16.8 Å². The van der Waals surface area contributed by atoms with Gasteiger partial charge in [0.2, 0.25) is 0 Å². The molecule has 0 bridgehead atoms. The number of phenolic OH excluding ortho intramolecular Hbond substituents is 1. The third-order valence-corrected chi connectivity index (χ3v) is 2.29. The minimum atomic E-state index is 0.226. The molecule has 0 fully saturated rings. The molecule has 0 atom stereocenters. The number of phenols is 1. The van der Waals surface area contributed by atoms with Crippen LogP contribution in [0.2, 0.25) is 0 Å². The molecule has 0 saturated heterocycles. The number of aliphatic hydroxyl groups is 1. The van der Waals surface area contributed by atoms with Gasteiger partial charge in [0, 0.05) is 6.61 Å². The monoisotopic (exact) mass is 194 g/mol. The smallest absolute Gasteiger partial charge is 0.118 e. The van der Waals surface area contributed by atoms with Crippen LogP contribution in [0.3, 0.4) is 0 Å². The predicted octanol–water partition coefficient (Wildman–Crippen LogP) is 2.27. The van der Waals surface area contributed by atoms with E-state index < -0.39 is 0 Å². The molecule has 0 aliphatic heterocycles. The third-order valence-electron chi connectivity index (χ3n) is 2.29. The molecule has 78 valence electrons. The normalized spacial score (nSPS) is 10.4. The van der Waals surface area contributed by atoms with Crippen molar-refractivity contribution in [1.29, 1.82) is 0 Å². The molecule has 1 aromatic rings. The summed E-state index contributed by atoms with van der Waals surface area (Å²) in [6.07, 6.45) is 3.62. The molecule has 14 heavy (non-hydrogen) atoms. The Bertz CT molecular complexity index is 282. The van der Waals surface area contributed by atoms with E-state index in [2.05, 4.69) is 6.92 Å². The third kappa shape index (κ3) is 3.04. The Balaban J connectivity index is 2.72. The van der Waals surface area contributed by atoms with Gasteiger partial charge in [-0.15, -0.1) is 0 Å². The molecule has 0 saturated carbocycles. The predicted molar refractivity (Wildman–Crippen MR) is 57.5 cm³/mol. The lowest BCUT2D eigenvalue weighted by Gasteiger charge is -2.06. The summed E-state index contributed by atoms with van der Waals surface area (Å²) in [7, 11) is 0. The Kier molecular flexibility index (Phi) is 4.47. The number of hydrogen-bond donors (Lipinski definition) is 2. The van der Waals surface area contributed by atoms with E-state index in [0.29, 0.717) is 5.75 Å². The molecule has 2 heteroatoms. The molecule has 2 N–H and O–H groups in total. The Morgan fingerprint density at radius 2 is 2.00 bits per heavy atom. The Hall–Kier alpha value is -1.02. The van der Waals surface area contributed by atoms with Crippen LogP contribution >= 0.6 is 0 Å². The lowest BCUT2D eigenvalue weighted by atomic mass is 10.0. The van der Waals surface area contributed by atoms with Gasteiger partial charge in [-0.25, -0.2) is 0 Å². The van der Waals surface area contributed by atoms with E-state index in [-0.39, 0.29) is 6.61 Å². The van der Waals surface area contributed by atoms with Gasteiger partial charge < -0.3 is 10.2 Å². The standard InChI is InChI=1S/C12H18O2/c1-2-4-11-9-10(5-3-8-13)6-7-12(11)14/h6-7,9,13-14H,2-5,8H2,1H3. The second-order valence-electron chi connectivity index (χ2n) is 3.54. The second kappa shape index (κ2) is 5.66. The molecule has 0 spiro atoms. The first-order valence-electron chi connectivity index (χ1n) is 5.19. The largest absolute Gasteiger partial charge is 0.508 e. The van der Waals surface area contributed by atoms with Crippen LogP contribution in [0.5, 0.6) is 5.75 Å². The number of aromatic hydroxyl groups is 1. The molecule has 1 rings (SSSR count). The van der Waals surface area contributed by atoms with Crippen LogP contribution in [-0.2, 0) is 12.8 Å².